The van der Waals surface area contributed by atoms with Crippen molar-refractivity contribution in [3.05, 3.63) is 17.2 Å². The number of rotatable bonds is 1. The molecule has 2 aliphatic heterocycles. The molecule has 0 bridgehead atoms. The van der Waals surface area contributed by atoms with Crippen molar-refractivity contribution in [2.24, 2.45) is 0 Å². The second kappa shape index (κ2) is 5.52. The number of hydrogen-bond donors (Lipinski definition) is 1. The van der Waals surface area contributed by atoms with Gasteiger partial charge in [0.15, 0.2) is 11.5 Å². The van der Waals surface area contributed by atoms with Gasteiger partial charge in [-0.05, 0) is 20.8 Å². The average molecular weight is 327 g/mol. The fraction of sp³-hybridized carbons (Fsp3) is 0.533. The van der Waals surface area contributed by atoms with Crippen LogP contribution in [0.5, 0.6) is 11.5 Å². The molecule has 0 aromatic heterocycles. The van der Waals surface area contributed by atoms with Gasteiger partial charge >= 0.3 is 6.03 Å². The predicted molar refractivity (Wildman–Crippen MR) is 82.8 cm³/mol. The zero-order chi connectivity index (χ0) is 15.9. The van der Waals surface area contributed by atoms with Gasteiger partial charge in [-0.3, -0.25) is 0 Å². The summed E-state index contributed by atoms with van der Waals surface area (Å²) >= 11 is 6.18. The lowest BCUT2D eigenvalue weighted by atomic mass is 10.1. The van der Waals surface area contributed by atoms with E-state index in [2.05, 4.69) is 5.32 Å². The van der Waals surface area contributed by atoms with Gasteiger partial charge in [0.25, 0.3) is 0 Å². The number of carbonyl (C=O) groups is 1. The third kappa shape index (κ3) is 3.08. The summed E-state index contributed by atoms with van der Waals surface area (Å²) in [7, 11) is 0. The zero-order valence-electron chi connectivity index (χ0n) is 12.8. The van der Waals surface area contributed by atoms with Crippen molar-refractivity contribution in [2.75, 3.05) is 25.2 Å². The van der Waals surface area contributed by atoms with Gasteiger partial charge in [-0.15, -0.1) is 0 Å². The molecule has 6 nitrogen and oxygen atoms in total. The van der Waals surface area contributed by atoms with Crippen LogP contribution in [0.1, 0.15) is 20.8 Å². The van der Waals surface area contributed by atoms with Crippen LogP contribution < -0.4 is 14.8 Å². The van der Waals surface area contributed by atoms with E-state index in [4.69, 9.17) is 25.8 Å². The Hall–Kier alpha value is -1.66. The third-order valence-electron chi connectivity index (χ3n) is 3.56. The molecule has 0 spiro atoms. The van der Waals surface area contributed by atoms with Crippen LogP contribution >= 0.6 is 11.6 Å². The van der Waals surface area contributed by atoms with Gasteiger partial charge in [-0.1, -0.05) is 11.6 Å². The monoisotopic (exact) mass is 326 g/mol. The van der Waals surface area contributed by atoms with Gasteiger partial charge in [0.1, 0.15) is 0 Å². The molecule has 1 N–H and O–H groups in total. The molecule has 22 heavy (non-hydrogen) atoms. The van der Waals surface area contributed by atoms with E-state index in [0.717, 1.165) is 0 Å². The van der Waals surface area contributed by atoms with Crippen molar-refractivity contribution in [2.45, 2.75) is 32.5 Å². The number of halogens is 1. The number of fused-ring (bicyclic) bond motifs is 1. The molecule has 1 atom stereocenters. The number of carbonyl (C=O) groups excluding carboxylic acids is 1. The molecule has 1 saturated heterocycles. The summed E-state index contributed by atoms with van der Waals surface area (Å²) < 4.78 is 16.4. The molecule has 1 fully saturated rings. The summed E-state index contributed by atoms with van der Waals surface area (Å²) in [4.78, 5) is 14.2. The van der Waals surface area contributed by atoms with Crippen LogP contribution in [0.3, 0.4) is 0 Å². The molecule has 1 aromatic rings. The van der Waals surface area contributed by atoms with Gasteiger partial charge in [-0.25, -0.2) is 4.79 Å². The first kappa shape index (κ1) is 15.2. The summed E-state index contributed by atoms with van der Waals surface area (Å²) in [6, 6.07) is 3.12. The Morgan fingerprint density at radius 1 is 1.36 bits per heavy atom. The van der Waals surface area contributed by atoms with Gasteiger partial charge in [-0.2, -0.15) is 0 Å². The van der Waals surface area contributed by atoms with E-state index in [1.165, 1.54) is 0 Å². The van der Waals surface area contributed by atoms with Gasteiger partial charge in [0, 0.05) is 18.7 Å². The molecule has 2 amide bonds. The number of nitrogens with one attached hydrogen (secondary N) is 1. The van der Waals surface area contributed by atoms with Crippen LogP contribution in [0.2, 0.25) is 5.02 Å². The summed E-state index contributed by atoms with van der Waals surface area (Å²) in [5, 5.41) is 3.25. The minimum atomic E-state index is -0.367. The molecule has 2 heterocycles. The highest BCUT2D eigenvalue weighted by Crippen LogP contribution is 2.39. The van der Waals surface area contributed by atoms with E-state index in [1.807, 2.05) is 20.8 Å². The number of urea groups is 1. The van der Waals surface area contributed by atoms with Crippen LogP contribution in [0.15, 0.2) is 12.1 Å². The maximum absolute atomic E-state index is 12.5. The SMILES string of the molecule is C[C@@H]1CN(C(=O)Nc2cc3c(cc2Cl)OCO3)CC(C)(C)O1. The predicted octanol–water partition coefficient (Wildman–Crippen LogP) is 3.10. The first-order valence-electron chi connectivity index (χ1n) is 7.17. The number of hydrogen-bond acceptors (Lipinski definition) is 4. The normalized spacial score (nSPS) is 22.5. The summed E-state index contributed by atoms with van der Waals surface area (Å²) in [6.45, 7) is 7.11. The van der Waals surface area contributed by atoms with E-state index in [0.29, 0.717) is 35.3 Å². The van der Waals surface area contributed by atoms with E-state index in [-0.39, 0.29) is 24.5 Å². The Balaban J connectivity index is 1.74. The lowest BCUT2D eigenvalue weighted by molar-refractivity contribution is -0.116. The number of amides is 2. The molecule has 3 rings (SSSR count). The topological polar surface area (TPSA) is 60.0 Å². The van der Waals surface area contributed by atoms with Crippen molar-refractivity contribution in [1.29, 1.82) is 0 Å². The minimum Gasteiger partial charge on any atom is -0.454 e. The lowest BCUT2D eigenvalue weighted by Crippen LogP contribution is -2.54. The Bertz CT molecular complexity index is 605. The Labute approximate surface area is 134 Å². The molecular formula is C15H19ClN2O4. The molecule has 0 saturated carbocycles. The van der Waals surface area contributed by atoms with Crippen molar-refractivity contribution < 1.29 is 19.0 Å². The van der Waals surface area contributed by atoms with Crippen LogP contribution in [0, 0.1) is 0 Å². The first-order chi connectivity index (χ1) is 10.3. The van der Waals surface area contributed by atoms with Crippen LogP contribution in [-0.2, 0) is 4.74 Å². The molecule has 1 aromatic carbocycles. The van der Waals surface area contributed by atoms with Gasteiger partial charge in [0.05, 0.1) is 29.0 Å². The zero-order valence-corrected chi connectivity index (χ0v) is 13.6. The van der Waals surface area contributed by atoms with E-state index < -0.39 is 0 Å². The third-order valence-corrected chi connectivity index (χ3v) is 3.87. The fourth-order valence-electron chi connectivity index (χ4n) is 2.82. The smallest absolute Gasteiger partial charge is 0.322 e. The van der Waals surface area contributed by atoms with Crippen molar-refractivity contribution in [3.63, 3.8) is 0 Å². The molecule has 0 unspecified atom stereocenters. The van der Waals surface area contributed by atoms with Crippen molar-refractivity contribution in [3.8, 4) is 11.5 Å². The number of benzene rings is 1. The Morgan fingerprint density at radius 3 is 2.73 bits per heavy atom. The lowest BCUT2D eigenvalue weighted by Gasteiger charge is -2.41. The molecule has 0 aliphatic carbocycles. The van der Waals surface area contributed by atoms with Crippen LogP contribution in [0.4, 0.5) is 10.5 Å². The van der Waals surface area contributed by atoms with E-state index >= 15 is 0 Å². The number of morpholine rings is 1. The Morgan fingerprint density at radius 2 is 2.05 bits per heavy atom. The highest BCUT2D eigenvalue weighted by molar-refractivity contribution is 6.34. The first-order valence-corrected chi connectivity index (χ1v) is 7.55. The molecule has 120 valence electrons. The number of anilines is 1. The second-order valence-corrected chi connectivity index (χ2v) is 6.59. The van der Waals surface area contributed by atoms with Crippen LogP contribution in [-0.4, -0.2) is 42.5 Å². The molecule has 2 aliphatic rings. The maximum Gasteiger partial charge on any atom is 0.322 e. The van der Waals surface area contributed by atoms with E-state index in [1.54, 1.807) is 17.0 Å². The second-order valence-electron chi connectivity index (χ2n) is 6.18. The van der Waals surface area contributed by atoms with Crippen LogP contribution in [0.25, 0.3) is 0 Å². The standard InChI is InChI=1S/C15H19ClN2O4/c1-9-6-18(7-15(2,3)22-9)14(19)17-11-5-13-12(4-10(11)16)20-8-21-13/h4-5,9H,6-8H2,1-3H3,(H,17,19)/t9-/m1/s1. The van der Waals surface area contributed by atoms with E-state index in [9.17, 15) is 4.79 Å². The average Bonchev–Trinajstić information content (AvgIpc) is 2.83. The quantitative estimate of drug-likeness (QED) is 0.861. The highest BCUT2D eigenvalue weighted by Gasteiger charge is 2.34. The molecular weight excluding hydrogens is 308 g/mol. The maximum atomic E-state index is 12.5. The molecule has 0 radical (unpaired) electrons. The summed E-state index contributed by atoms with van der Waals surface area (Å²) in [6.07, 6.45) is -0.0123. The van der Waals surface area contributed by atoms with Crippen molar-refractivity contribution >= 4 is 23.3 Å². The summed E-state index contributed by atoms with van der Waals surface area (Å²) in [5.74, 6) is 1.17. The van der Waals surface area contributed by atoms with Gasteiger partial charge in [0.2, 0.25) is 6.79 Å². The Kier molecular flexibility index (Phi) is 3.82. The highest BCUT2D eigenvalue weighted by atomic mass is 35.5. The fourth-order valence-corrected chi connectivity index (χ4v) is 3.02. The van der Waals surface area contributed by atoms with Crippen molar-refractivity contribution in [1.82, 2.24) is 4.90 Å². The minimum absolute atomic E-state index is 0.0123. The largest absolute Gasteiger partial charge is 0.454 e. The number of ether oxygens (including phenoxy) is 3. The van der Waals surface area contributed by atoms with Gasteiger partial charge < -0.3 is 24.4 Å². The summed E-state index contributed by atoms with van der Waals surface area (Å²) in [5.41, 5.74) is 0.140. The number of nitrogens with zero attached hydrogens (tertiary/aromatic N) is 1. The molecule has 7 heteroatoms.